The molecule has 6 heteroatoms. The number of rotatable bonds is 3. The molecule has 0 saturated carbocycles. The highest BCUT2D eigenvalue weighted by molar-refractivity contribution is 6.28. The van der Waals surface area contributed by atoms with Gasteiger partial charge in [0.05, 0.1) is 5.39 Å². The summed E-state index contributed by atoms with van der Waals surface area (Å²) in [6.07, 6.45) is 1.77. The van der Waals surface area contributed by atoms with E-state index in [1.54, 1.807) is 19.2 Å². The zero-order valence-electron chi connectivity index (χ0n) is 10.7. The van der Waals surface area contributed by atoms with Gasteiger partial charge in [-0.2, -0.15) is 4.98 Å². The fourth-order valence-electron chi connectivity index (χ4n) is 1.98. The van der Waals surface area contributed by atoms with Crippen LogP contribution in [0.3, 0.4) is 0 Å². The quantitative estimate of drug-likeness (QED) is 0.724. The lowest BCUT2D eigenvalue weighted by molar-refractivity contribution is 0.616. The van der Waals surface area contributed by atoms with Gasteiger partial charge < -0.3 is 10.3 Å². The molecule has 0 unspecified atom stereocenters. The molecule has 4 nitrogen and oxygen atoms in total. The standard InChI is InChI=1S/C14H12ClFN4/c1-8-2-3-9(6-11(8)16)7-18-13-10-4-5-17-12(10)19-14(15)20-13/h2-6H,7H2,1H3,(H2,17,18,19,20). The summed E-state index contributed by atoms with van der Waals surface area (Å²) in [5, 5.41) is 4.17. The highest BCUT2D eigenvalue weighted by atomic mass is 35.5. The molecule has 0 atom stereocenters. The molecule has 2 aromatic heterocycles. The lowest BCUT2D eigenvalue weighted by atomic mass is 10.1. The van der Waals surface area contributed by atoms with E-state index in [0.29, 0.717) is 23.6 Å². The average molecular weight is 291 g/mol. The molecule has 0 spiro atoms. The molecule has 0 radical (unpaired) electrons. The maximum atomic E-state index is 13.5. The molecule has 102 valence electrons. The summed E-state index contributed by atoms with van der Waals surface area (Å²) in [6.45, 7) is 2.20. The number of halogens is 2. The Bertz CT molecular complexity index is 769. The first kappa shape index (κ1) is 12.9. The summed E-state index contributed by atoms with van der Waals surface area (Å²) in [5.41, 5.74) is 2.14. The van der Waals surface area contributed by atoms with E-state index in [0.717, 1.165) is 10.9 Å². The highest BCUT2D eigenvalue weighted by Crippen LogP contribution is 2.21. The van der Waals surface area contributed by atoms with Gasteiger partial charge in [-0.05, 0) is 41.8 Å². The second-order valence-electron chi connectivity index (χ2n) is 4.52. The number of aromatic amines is 1. The molecule has 0 bridgehead atoms. The van der Waals surface area contributed by atoms with E-state index < -0.39 is 0 Å². The lowest BCUT2D eigenvalue weighted by Crippen LogP contribution is -2.03. The summed E-state index contributed by atoms with van der Waals surface area (Å²) in [6, 6.07) is 7.01. The Balaban J connectivity index is 1.86. The fourth-order valence-corrected chi connectivity index (χ4v) is 2.15. The summed E-state index contributed by atoms with van der Waals surface area (Å²) in [5.74, 6) is 0.416. The summed E-state index contributed by atoms with van der Waals surface area (Å²) >= 11 is 5.87. The van der Waals surface area contributed by atoms with Crippen LogP contribution < -0.4 is 5.32 Å². The minimum atomic E-state index is -0.211. The van der Waals surface area contributed by atoms with Crippen LogP contribution in [0.15, 0.2) is 30.5 Å². The molecular weight excluding hydrogens is 279 g/mol. The van der Waals surface area contributed by atoms with Crippen molar-refractivity contribution in [3.8, 4) is 0 Å². The molecule has 20 heavy (non-hydrogen) atoms. The van der Waals surface area contributed by atoms with Crippen molar-refractivity contribution >= 4 is 28.5 Å². The Morgan fingerprint density at radius 2 is 2.15 bits per heavy atom. The highest BCUT2D eigenvalue weighted by Gasteiger charge is 2.07. The van der Waals surface area contributed by atoms with Crippen LogP contribution in [-0.4, -0.2) is 15.0 Å². The fraction of sp³-hybridized carbons (Fsp3) is 0.143. The molecule has 0 fully saturated rings. The summed E-state index contributed by atoms with van der Waals surface area (Å²) < 4.78 is 13.5. The van der Waals surface area contributed by atoms with Gasteiger partial charge in [0.15, 0.2) is 0 Å². The molecule has 3 rings (SSSR count). The van der Waals surface area contributed by atoms with Gasteiger partial charge >= 0.3 is 0 Å². The van der Waals surface area contributed by atoms with Crippen molar-refractivity contribution in [2.45, 2.75) is 13.5 Å². The van der Waals surface area contributed by atoms with Crippen molar-refractivity contribution in [1.29, 1.82) is 0 Å². The topological polar surface area (TPSA) is 53.6 Å². The van der Waals surface area contributed by atoms with E-state index in [4.69, 9.17) is 11.6 Å². The van der Waals surface area contributed by atoms with Crippen molar-refractivity contribution in [2.24, 2.45) is 0 Å². The van der Waals surface area contributed by atoms with Crippen LogP contribution in [0, 0.1) is 12.7 Å². The second-order valence-corrected chi connectivity index (χ2v) is 4.86. The molecule has 1 aromatic carbocycles. The van der Waals surface area contributed by atoms with E-state index in [2.05, 4.69) is 20.3 Å². The predicted octanol–water partition coefficient (Wildman–Crippen LogP) is 3.67. The largest absolute Gasteiger partial charge is 0.365 e. The van der Waals surface area contributed by atoms with Gasteiger partial charge in [0.1, 0.15) is 17.3 Å². The van der Waals surface area contributed by atoms with Crippen LogP contribution in [0.4, 0.5) is 10.2 Å². The molecule has 0 aliphatic heterocycles. The molecule has 2 N–H and O–H groups in total. The first-order valence-electron chi connectivity index (χ1n) is 6.13. The number of hydrogen-bond acceptors (Lipinski definition) is 3. The van der Waals surface area contributed by atoms with Gasteiger partial charge in [-0.3, -0.25) is 0 Å². The van der Waals surface area contributed by atoms with E-state index in [1.807, 2.05) is 12.1 Å². The number of aryl methyl sites for hydroxylation is 1. The van der Waals surface area contributed by atoms with Gasteiger partial charge in [-0.1, -0.05) is 12.1 Å². The Kier molecular flexibility index (Phi) is 3.28. The van der Waals surface area contributed by atoms with Crippen LogP contribution in [0.5, 0.6) is 0 Å². The number of H-pyrrole nitrogens is 1. The van der Waals surface area contributed by atoms with E-state index in [9.17, 15) is 4.39 Å². The Labute approximate surface area is 120 Å². The van der Waals surface area contributed by atoms with Crippen LogP contribution >= 0.6 is 11.6 Å². The monoisotopic (exact) mass is 290 g/mol. The SMILES string of the molecule is Cc1ccc(CNc2nc(Cl)nc3[nH]ccc23)cc1F. The normalized spacial score (nSPS) is 10.9. The Hall–Kier alpha value is -2.14. The maximum absolute atomic E-state index is 13.5. The number of nitrogens with one attached hydrogen (secondary N) is 2. The second kappa shape index (κ2) is 5.09. The number of anilines is 1. The van der Waals surface area contributed by atoms with Gasteiger partial charge in [0.2, 0.25) is 5.28 Å². The average Bonchev–Trinajstić information content (AvgIpc) is 2.88. The number of nitrogens with zero attached hydrogens (tertiary/aromatic N) is 2. The summed E-state index contributed by atoms with van der Waals surface area (Å²) in [7, 11) is 0. The number of hydrogen-bond donors (Lipinski definition) is 2. The minimum absolute atomic E-state index is 0.164. The van der Waals surface area contributed by atoms with Gasteiger partial charge in [-0.15, -0.1) is 0 Å². The van der Waals surface area contributed by atoms with Crippen LogP contribution in [-0.2, 0) is 6.54 Å². The first-order chi connectivity index (χ1) is 9.63. The van der Waals surface area contributed by atoms with E-state index in [-0.39, 0.29) is 11.1 Å². The van der Waals surface area contributed by atoms with E-state index in [1.165, 1.54) is 6.07 Å². The van der Waals surface area contributed by atoms with Crippen LogP contribution in [0.2, 0.25) is 5.28 Å². The molecule has 0 saturated heterocycles. The zero-order chi connectivity index (χ0) is 14.1. The lowest BCUT2D eigenvalue weighted by Gasteiger charge is -2.08. The Morgan fingerprint density at radius 1 is 1.30 bits per heavy atom. The van der Waals surface area contributed by atoms with Crippen molar-refractivity contribution in [1.82, 2.24) is 15.0 Å². The first-order valence-corrected chi connectivity index (χ1v) is 6.51. The maximum Gasteiger partial charge on any atom is 0.226 e. The molecule has 0 aliphatic rings. The van der Waals surface area contributed by atoms with Crippen molar-refractivity contribution in [2.75, 3.05) is 5.32 Å². The molecule has 2 heterocycles. The van der Waals surface area contributed by atoms with Crippen LogP contribution in [0.25, 0.3) is 11.0 Å². The third kappa shape index (κ3) is 2.44. The molecule has 0 amide bonds. The van der Waals surface area contributed by atoms with Gasteiger partial charge in [-0.25, -0.2) is 9.37 Å². The number of fused-ring (bicyclic) bond motifs is 1. The molecule has 3 aromatic rings. The predicted molar refractivity (Wildman–Crippen MR) is 77.4 cm³/mol. The van der Waals surface area contributed by atoms with E-state index >= 15 is 0 Å². The Morgan fingerprint density at radius 3 is 2.95 bits per heavy atom. The molecule has 0 aliphatic carbocycles. The number of aromatic nitrogens is 3. The van der Waals surface area contributed by atoms with Gasteiger partial charge in [0.25, 0.3) is 0 Å². The zero-order valence-corrected chi connectivity index (χ0v) is 11.5. The smallest absolute Gasteiger partial charge is 0.226 e. The number of benzene rings is 1. The van der Waals surface area contributed by atoms with Crippen molar-refractivity contribution < 1.29 is 4.39 Å². The molecular formula is C14H12ClFN4. The van der Waals surface area contributed by atoms with Gasteiger partial charge in [0, 0.05) is 12.7 Å². The van der Waals surface area contributed by atoms with Crippen molar-refractivity contribution in [3.63, 3.8) is 0 Å². The summed E-state index contributed by atoms with van der Waals surface area (Å²) in [4.78, 5) is 11.2. The van der Waals surface area contributed by atoms with Crippen LogP contribution in [0.1, 0.15) is 11.1 Å². The minimum Gasteiger partial charge on any atom is -0.365 e. The third-order valence-electron chi connectivity index (χ3n) is 3.08. The third-order valence-corrected chi connectivity index (χ3v) is 3.25. The van der Waals surface area contributed by atoms with Crippen molar-refractivity contribution in [3.05, 3.63) is 52.7 Å².